The third-order valence-corrected chi connectivity index (χ3v) is 4.59. The van der Waals surface area contributed by atoms with Gasteiger partial charge < -0.3 is 5.73 Å². The molecule has 0 amide bonds. The molecule has 1 aliphatic carbocycles. The molecule has 0 heterocycles. The zero-order chi connectivity index (χ0) is 16.2. The molecule has 0 aromatic heterocycles. The van der Waals surface area contributed by atoms with Crippen molar-refractivity contribution in [1.82, 2.24) is 0 Å². The Balaban J connectivity index is 1.78. The predicted molar refractivity (Wildman–Crippen MR) is 93.7 cm³/mol. The second kappa shape index (κ2) is 6.87. The molecule has 0 aliphatic heterocycles. The predicted octanol–water partition coefficient (Wildman–Crippen LogP) is 4.71. The Morgan fingerprint density at radius 3 is 2.57 bits per heavy atom. The molecule has 3 rings (SSSR count). The summed E-state index contributed by atoms with van der Waals surface area (Å²) in [7, 11) is 0. The van der Waals surface area contributed by atoms with Gasteiger partial charge in [-0.25, -0.2) is 4.39 Å². The van der Waals surface area contributed by atoms with Crippen molar-refractivity contribution in [2.75, 3.05) is 5.73 Å². The number of aryl methyl sites for hydroxylation is 1. The number of hydrogen-bond acceptors (Lipinski definition) is 1. The summed E-state index contributed by atoms with van der Waals surface area (Å²) >= 11 is 0. The Kier molecular flexibility index (Phi) is 4.67. The van der Waals surface area contributed by atoms with Crippen LogP contribution in [0.4, 0.5) is 10.1 Å². The molecular weight excluding hydrogens is 285 g/mol. The van der Waals surface area contributed by atoms with Gasteiger partial charge in [0.15, 0.2) is 0 Å². The van der Waals surface area contributed by atoms with Gasteiger partial charge in [0.1, 0.15) is 5.82 Å². The average Bonchev–Trinajstić information content (AvgIpc) is 2.56. The van der Waals surface area contributed by atoms with E-state index in [9.17, 15) is 4.39 Å². The van der Waals surface area contributed by atoms with Crippen LogP contribution in [0, 0.1) is 23.6 Å². The molecule has 23 heavy (non-hydrogen) atoms. The van der Waals surface area contributed by atoms with E-state index in [1.165, 1.54) is 42.9 Å². The van der Waals surface area contributed by atoms with Gasteiger partial charge in [-0.3, -0.25) is 0 Å². The molecule has 1 aliphatic rings. The Labute approximate surface area is 137 Å². The summed E-state index contributed by atoms with van der Waals surface area (Å²) in [5, 5.41) is 0. The number of hydrogen-bond donors (Lipinski definition) is 1. The van der Waals surface area contributed by atoms with Gasteiger partial charge in [0.05, 0.1) is 5.69 Å². The number of nitrogens with two attached hydrogens (primary N) is 1. The van der Waals surface area contributed by atoms with Crippen LogP contribution in [0.25, 0.3) is 0 Å². The Bertz CT molecular complexity index is 767. The smallest absolute Gasteiger partial charge is 0.147 e. The van der Waals surface area contributed by atoms with E-state index in [0.717, 1.165) is 17.9 Å². The molecule has 2 heteroatoms. The number of halogens is 1. The highest BCUT2D eigenvalue weighted by Crippen LogP contribution is 2.28. The maximum absolute atomic E-state index is 13.4. The quantitative estimate of drug-likeness (QED) is 0.631. The molecule has 2 aromatic carbocycles. The molecule has 0 fully saturated rings. The summed E-state index contributed by atoms with van der Waals surface area (Å²) < 4.78 is 13.4. The maximum atomic E-state index is 13.4. The minimum atomic E-state index is -0.413. The van der Waals surface area contributed by atoms with E-state index in [0.29, 0.717) is 5.56 Å². The first-order valence-corrected chi connectivity index (χ1v) is 8.34. The Morgan fingerprint density at radius 1 is 1.09 bits per heavy atom. The van der Waals surface area contributed by atoms with Gasteiger partial charge in [0.2, 0.25) is 0 Å². The number of benzene rings is 2. The van der Waals surface area contributed by atoms with Crippen LogP contribution in [-0.4, -0.2) is 0 Å². The van der Waals surface area contributed by atoms with Gasteiger partial charge in [-0.05, 0) is 66.6 Å². The molecule has 0 bridgehead atoms. The molecule has 2 aromatic rings. The summed E-state index contributed by atoms with van der Waals surface area (Å²) in [6.07, 6.45) is 6.21. The largest absolute Gasteiger partial charge is 0.396 e. The van der Waals surface area contributed by atoms with Crippen LogP contribution in [0.1, 0.15) is 48.4 Å². The van der Waals surface area contributed by atoms with Crippen LogP contribution in [-0.2, 0) is 12.8 Å². The number of rotatable bonds is 2. The third kappa shape index (κ3) is 3.74. The van der Waals surface area contributed by atoms with Crippen molar-refractivity contribution < 1.29 is 4.39 Å². The van der Waals surface area contributed by atoms with E-state index in [1.807, 2.05) is 0 Å². The summed E-state index contributed by atoms with van der Waals surface area (Å²) in [5.41, 5.74) is 10.2. The second-order valence-electron chi connectivity index (χ2n) is 6.37. The number of fused-ring (bicyclic) bond motifs is 1. The lowest BCUT2D eigenvalue weighted by Gasteiger charge is -2.24. The molecule has 118 valence electrons. The summed E-state index contributed by atoms with van der Waals surface area (Å²) in [6, 6.07) is 11.2. The lowest BCUT2D eigenvalue weighted by molar-refractivity contribution is 0.423. The lowest BCUT2D eigenvalue weighted by atomic mass is 9.81. The zero-order valence-electron chi connectivity index (χ0n) is 13.5. The van der Waals surface area contributed by atoms with Crippen LogP contribution in [0.15, 0.2) is 36.4 Å². The van der Waals surface area contributed by atoms with E-state index < -0.39 is 5.82 Å². The van der Waals surface area contributed by atoms with E-state index in [2.05, 4.69) is 37.0 Å². The minimum absolute atomic E-state index is 0.158. The summed E-state index contributed by atoms with van der Waals surface area (Å²) in [6.45, 7) is 2.26. The lowest BCUT2D eigenvalue weighted by Crippen LogP contribution is -2.14. The Morgan fingerprint density at radius 2 is 1.83 bits per heavy atom. The fourth-order valence-electron chi connectivity index (χ4n) is 3.31. The van der Waals surface area contributed by atoms with Gasteiger partial charge in [-0.15, -0.1) is 0 Å². The normalized spacial score (nSPS) is 16.3. The standard InChI is InChI=1S/C21H22FN/c1-2-3-15-6-9-19-13-16(7-10-18(19)12-15)4-5-17-8-11-21(23)20(22)14-17/h7-8,10-11,13-15H,2-3,6,9,12,23H2,1H3. The average molecular weight is 307 g/mol. The highest BCUT2D eigenvalue weighted by Gasteiger charge is 2.17. The van der Waals surface area contributed by atoms with Crippen molar-refractivity contribution in [3.63, 3.8) is 0 Å². The van der Waals surface area contributed by atoms with E-state index in [4.69, 9.17) is 5.73 Å². The first-order valence-electron chi connectivity index (χ1n) is 8.34. The van der Waals surface area contributed by atoms with Gasteiger partial charge in [-0.2, -0.15) is 0 Å². The molecule has 1 nitrogen and oxygen atoms in total. The molecule has 0 radical (unpaired) electrons. The molecule has 0 saturated heterocycles. The van der Waals surface area contributed by atoms with Crippen molar-refractivity contribution in [2.45, 2.75) is 39.0 Å². The van der Waals surface area contributed by atoms with Gasteiger partial charge >= 0.3 is 0 Å². The fourth-order valence-corrected chi connectivity index (χ4v) is 3.31. The first kappa shape index (κ1) is 15.6. The molecule has 1 atom stereocenters. The van der Waals surface area contributed by atoms with Crippen molar-refractivity contribution in [1.29, 1.82) is 0 Å². The Hall–Kier alpha value is -2.27. The molecule has 1 unspecified atom stereocenters. The number of anilines is 1. The monoisotopic (exact) mass is 307 g/mol. The molecule has 2 N–H and O–H groups in total. The van der Waals surface area contributed by atoms with E-state index in [-0.39, 0.29) is 5.69 Å². The van der Waals surface area contributed by atoms with Crippen molar-refractivity contribution in [3.05, 3.63) is 64.5 Å². The van der Waals surface area contributed by atoms with Crippen LogP contribution in [0.5, 0.6) is 0 Å². The van der Waals surface area contributed by atoms with Crippen LogP contribution in [0.3, 0.4) is 0 Å². The maximum Gasteiger partial charge on any atom is 0.147 e. The van der Waals surface area contributed by atoms with Crippen molar-refractivity contribution in [3.8, 4) is 11.8 Å². The second-order valence-corrected chi connectivity index (χ2v) is 6.37. The highest BCUT2D eigenvalue weighted by atomic mass is 19.1. The van der Waals surface area contributed by atoms with E-state index in [1.54, 1.807) is 12.1 Å². The van der Waals surface area contributed by atoms with Crippen LogP contribution in [0.2, 0.25) is 0 Å². The summed E-state index contributed by atoms with van der Waals surface area (Å²) in [4.78, 5) is 0. The molecule has 0 saturated carbocycles. The fraction of sp³-hybridized carbons (Fsp3) is 0.333. The van der Waals surface area contributed by atoms with E-state index >= 15 is 0 Å². The van der Waals surface area contributed by atoms with Crippen molar-refractivity contribution >= 4 is 5.69 Å². The van der Waals surface area contributed by atoms with Gasteiger partial charge in [-0.1, -0.05) is 37.7 Å². The minimum Gasteiger partial charge on any atom is -0.396 e. The third-order valence-electron chi connectivity index (χ3n) is 4.59. The molecular formula is C21H22FN. The first-order chi connectivity index (χ1) is 11.2. The summed E-state index contributed by atoms with van der Waals surface area (Å²) in [5.74, 6) is 6.58. The topological polar surface area (TPSA) is 26.0 Å². The van der Waals surface area contributed by atoms with Crippen LogP contribution >= 0.6 is 0 Å². The van der Waals surface area contributed by atoms with Crippen molar-refractivity contribution in [2.24, 2.45) is 5.92 Å². The van der Waals surface area contributed by atoms with Gasteiger partial charge in [0, 0.05) is 11.1 Å². The molecule has 0 spiro atoms. The number of nitrogen functional groups attached to an aromatic ring is 1. The van der Waals surface area contributed by atoms with Crippen LogP contribution < -0.4 is 5.73 Å². The SMILES string of the molecule is CCCC1CCc2cc(C#Cc3ccc(N)c(F)c3)ccc2C1. The highest BCUT2D eigenvalue weighted by molar-refractivity contribution is 5.50. The van der Waals surface area contributed by atoms with Gasteiger partial charge in [0.25, 0.3) is 0 Å². The zero-order valence-corrected chi connectivity index (χ0v) is 13.5.